The van der Waals surface area contributed by atoms with Crippen LogP contribution in [0.4, 0.5) is 5.82 Å². The standard InChI is InChI=1S/C16H20N4/c1-12-4-3-5-13(10-12)15-6-7-16(19-18-15)20(2)14-8-9-17-11-14/h3-7,10,14,17H,8-9,11H2,1-2H3. The van der Waals surface area contributed by atoms with E-state index in [4.69, 9.17) is 0 Å². The average Bonchev–Trinajstić information content (AvgIpc) is 3.01. The summed E-state index contributed by atoms with van der Waals surface area (Å²) in [7, 11) is 2.09. The summed E-state index contributed by atoms with van der Waals surface area (Å²) in [5.74, 6) is 0.940. The van der Waals surface area contributed by atoms with E-state index in [9.17, 15) is 0 Å². The quantitative estimate of drug-likeness (QED) is 0.927. The minimum absolute atomic E-state index is 0.522. The van der Waals surface area contributed by atoms with Crippen LogP contribution in [-0.2, 0) is 0 Å². The van der Waals surface area contributed by atoms with Gasteiger partial charge >= 0.3 is 0 Å². The summed E-state index contributed by atoms with van der Waals surface area (Å²) in [6.45, 7) is 4.20. The molecule has 1 saturated heterocycles. The SMILES string of the molecule is Cc1cccc(-c2ccc(N(C)C3CCNC3)nn2)c1. The van der Waals surface area contributed by atoms with Crippen LogP contribution >= 0.6 is 0 Å². The van der Waals surface area contributed by atoms with Gasteiger partial charge < -0.3 is 10.2 Å². The average molecular weight is 268 g/mol. The van der Waals surface area contributed by atoms with Crippen LogP contribution in [0.3, 0.4) is 0 Å². The topological polar surface area (TPSA) is 41.0 Å². The maximum absolute atomic E-state index is 4.38. The summed E-state index contributed by atoms with van der Waals surface area (Å²) in [6, 6.07) is 13.0. The Bertz CT molecular complexity index is 573. The maximum atomic E-state index is 4.38. The fourth-order valence-electron chi connectivity index (χ4n) is 2.63. The lowest BCUT2D eigenvalue weighted by Crippen LogP contribution is -2.34. The van der Waals surface area contributed by atoms with Crippen molar-refractivity contribution in [2.24, 2.45) is 0 Å². The van der Waals surface area contributed by atoms with Gasteiger partial charge in [0.15, 0.2) is 5.82 Å². The summed E-state index contributed by atoms with van der Waals surface area (Å²) in [5.41, 5.74) is 3.28. The molecule has 1 atom stereocenters. The van der Waals surface area contributed by atoms with Gasteiger partial charge in [0.1, 0.15) is 0 Å². The molecule has 4 heteroatoms. The van der Waals surface area contributed by atoms with Crippen molar-refractivity contribution in [2.45, 2.75) is 19.4 Å². The first kappa shape index (κ1) is 13.1. The van der Waals surface area contributed by atoms with Crippen LogP contribution in [0.2, 0.25) is 0 Å². The zero-order valence-corrected chi connectivity index (χ0v) is 12.0. The molecular weight excluding hydrogens is 248 g/mol. The first-order valence-electron chi connectivity index (χ1n) is 7.08. The Morgan fingerprint density at radius 3 is 2.75 bits per heavy atom. The summed E-state index contributed by atoms with van der Waals surface area (Å²) >= 11 is 0. The van der Waals surface area contributed by atoms with E-state index in [1.807, 2.05) is 0 Å². The van der Waals surface area contributed by atoms with E-state index in [0.717, 1.165) is 36.6 Å². The number of aromatic nitrogens is 2. The zero-order chi connectivity index (χ0) is 13.9. The predicted molar refractivity (Wildman–Crippen MR) is 81.9 cm³/mol. The van der Waals surface area contributed by atoms with Gasteiger partial charge in [-0.15, -0.1) is 10.2 Å². The molecule has 1 aliphatic heterocycles. The van der Waals surface area contributed by atoms with Crippen molar-refractivity contribution in [3.8, 4) is 11.3 Å². The number of rotatable bonds is 3. The summed E-state index contributed by atoms with van der Waals surface area (Å²) in [6.07, 6.45) is 1.16. The fraction of sp³-hybridized carbons (Fsp3) is 0.375. The molecule has 4 nitrogen and oxygen atoms in total. The van der Waals surface area contributed by atoms with Crippen molar-refractivity contribution in [3.05, 3.63) is 42.0 Å². The van der Waals surface area contributed by atoms with E-state index in [1.54, 1.807) is 0 Å². The van der Waals surface area contributed by atoms with Crippen LogP contribution in [0, 0.1) is 6.92 Å². The Morgan fingerprint density at radius 2 is 2.10 bits per heavy atom. The third-order valence-corrected chi connectivity index (χ3v) is 3.91. The van der Waals surface area contributed by atoms with Gasteiger partial charge in [-0.05, 0) is 38.1 Å². The van der Waals surface area contributed by atoms with Crippen molar-refractivity contribution in [1.82, 2.24) is 15.5 Å². The van der Waals surface area contributed by atoms with E-state index < -0.39 is 0 Å². The van der Waals surface area contributed by atoms with E-state index in [0.29, 0.717) is 6.04 Å². The molecule has 20 heavy (non-hydrogen) atoms. The lowest BCUT2D eigenvalue weighted by atomic mass is 10.1. The first-order valence-corrected chi connectivity index (χ1v) is 7.08. The van der Waals surface area contributed by atoms with Gasteiger partial charge in [0, 0.05) is 25.2 Å². The van der Waals surface area contributed by atoms with Crippen LogP contribution < -0.4 is 10.2 Å². The van der Waals surface area contributed by atoms with Crippen LogP contribution in [0.15, 0.2) is 36.4 Å². The third kappa shape index (κ3) is 2.65. The monoisotopic (exact) mass is 268 g/mol. The number of anilines is 1. The second-order valence-electron chi connectivity index (χ2n) is 5.40. The fourth-order valence-corrected chi connectivity index (χ4v) is 2.63. The highest BCUT2D eigenvalue weighted by Crippen LogP contribution is 2.20. The van der Waals surface area contributed by atoms with E-state index >= 15 is 0 Å². The lowest BCUT2D eigenvalue weighted by molar-refractivity contribution is 0.673. The summed E-state index contributed by atoms with van der Waals surface area (Å²) in [4.78, 5) is 2.22. The maximum Gasteiger partial charge on any atom is 0.151 e. The third-order valence-electron chi connectivity index (χ3n) is 3.91. The Kier molecular flexibility index (Phi) is 3.65. The van der Waals surface area contributed by atoms with E-state index in [1.165, 1.54) is 5.56 Å². The predicted octanol–water partition coefficient (Wildman–Crippen LogP) is 2.25. The van der Waals surface area contributed by atoms with E-state index in [-0.39, 0.29) is 0 Å². The van der Waals surface area contributed by atoms with Crippen molar-refractivity contribution < 1.29 is 0 Å². The van der Waals surface area contributed by atoms with Gasteiger partial charge in [0.25, 0.3) is 0 Å². The smallest absolute Gasteiger partial charge is 0.151 e. The number of hydrogen-bond acceptors (Lipinski definition) is 4. The normalized spacial score (nSPS) is 18.2. The number of nitrogens with one attached hydrogen (secondary N) is 1. The number of aryl methyl sites for hydroxylation is 1. The van der Waals surface area contributed by atoms with Gasteiger partial charge in [-0.1, -0.05) is 23.8 Å². The molecule has 0 saturated carbocycles. The second kappa shape index (κ2) is 5.59. The van der Waals surface area contributed by atoms with Crippen LogP contribution in [0.1, 0.15) is 12.0 Å². The number of nitrogens with zero attached hydrogens (tertiary/aromatic N) is 3. The highest BCUT2D eigenvalue weighted by Gasteiger charge is 2.20. The molecule has 1 fully saturated rings. The first-order chi connectivity index (χ1) is 9.74. The molecular formula is C16H20N4. The molecule has 0 aliphatic carbocycles. The molecule has 1 aliphatic rings. The Hall–Kier alpha value is -1.94. The van der Waals surface area contributed by atoms with E-state index in [2.05, 4.69) is 70.8 Å². The Labute approximate surface area is 119 Å². The number of benzene rings is 1. The summed E-state index contributed by atoms with van der Waals surface area (Å²) in [5, 5.41) is 12.1. The minimum Gasteiger partial charge on any atom is -0.354 e. The van der Waals surface area contributed by atoms with Gasteiger partial charge in [-0.2, -0.15) is 0 Å². The minimum atomic E-state index is 0.522. The van der Waals surface area contributed by atoms with Crippen LogP contribution in [0.5, 0.6) is 0 Å². The van der Waals surface area contributed by atoms with Crippen molar-refractivity contribution in [1.29, 1.82) is 0 Å². The molecule has 1 unspecified atom stereocenters. The van der Waals surface area contributed by atoms with Gasteiger partial charge in [-0.25, -0.2) is 0 Å². The molecule has 104 valence electrons. The zero-order valence-electron chi connectivity index (χ0n) is 12.0. The molecule has 3 rings (SSSR count). The lowest BCUT2D eigenvalue weighted by Gasteiger charge is -2.24. The van der Waals surface area contributed by atoms with Crippen LogP contribution in [-0.4, -0.2) is 36.4 Å². The van der Waals surface area contributed by atoms with Gasteiger partial charge in [0.2, 0.25) is 0 Å². The molecule has 1 N–H and O–H groups in total. The van der Waals surface area contributed by atoms with Gasteiger partial charge in [-0.3, -0.25) is 0 Å². The Balaban J connectivity index is 1.80. The van der Waals surface area contributed by atoms with Crippen LogP contribution in [0.25, 0.3) is 11.3 Å². The summed E-state index contributed by atoms with van der Waals surface area (Å²) < 4.78 is 0. The molecule has 2 aromatic rings. The molecule has 1 aromatic heterocycles. The van der Waals surface area contributed by atoms with Crippen molar-refractivity contribution in [3.63, 3.8) is 0 Å². The highest BCUT2D eigenvalue weighted by molar-refractivity contribution is 5.60. The second-order valence-corrected chi connectivity index (χ2v) is 5.40. The highest BCUT2D eigenvalue weighted by atomic mass is 15.3. The Morgan fingerprint density at radius 1 is 1.20 bits per heavy atom. The van der Waals surface area contributed by atoms with Gasteiger partial charge in [0.05, 0.1) is 5.69 Å². The number of hydrogen-bond donors (Lipinski definition) is 1. The molecule has 0 radical (unpaired) electrons. The van der Waals surface area contributed by atoms with Crippen molar-refractivity contribution in [2.75, 3.05) is 25.0 Å². The molecule has 0 amide bonds. The molecule has 0 spiro atoms. The molecule has 0 bridgehead atoms. The molecule has 1 aromatic carbocycles. The molecule has 2 heterocycles. The van der Waals surface area contributed by atoms with Crippen molar-refractivity contribution >= 4 is 5.82 Å². The largest absolute Gasteiger partial charge is 0.354 e. The number of likely N-dealkylation sites (N-methyl/N-ethyl adjacent to an activating group) is 1.